The Morgan fingerprint density at radius 1 is 1.35 bits per heavy atom. The first-order valence-corrected chi connectivity index (χ1v) is 6.92. The fraction of sp³-hybridized carbons (Fsp3) is 0.562. The number of aryl methyl sites for hydroxylation is 2. The monoisotopic (exact) mass is 279 g/mol. The molecule has 0 saturated heterocycles. The summed E-state index contributed by atoms with van der Waals surface area (Å²) in [6, 6.07) is 5.97. The zero-order valence-electron chi connectivity index (χ0n) is 12.8. The Balaban J connectivity index is 2.32. The Morgan fingerprint density at radius 2 is 2.05 bits per heavy atom. The van der Waals surface area contributed by atoms with Gasteiger partial charge in [-0.15, -0.1) is 0 Å². The van der Waals surface area contributed by atoms with E-state index in [-0.39, 0.29) is 17.9 Å². The SMILES string of the molecule is Cc1ccc(OCCC(=O)NCC(C)(C)CO)c(C)c1. The maximum Gasteiger partial charge on any atom is 0.223 e. The highest BCUT2D eigenvalue weighted by molar-refractivity contribution is 5.76. The van der Waals surface area contributed by atoms with Gasteiger partial charge in [-0.3, -0.25) is 4.79 Å². The van der Waals surface area contributed by atoms with Gasteiger partial charge in [-0.05, 0) is 25.5 Å². The molecular formula is C16H25NO3. The van der Waals surface area contributed by atoms with Gasteiger partial charge < -0.3 is 15.2 Å². The Bertz CT molecular complexity index is 455. The van der Waals surface area contributed by atoms with Crippen LogP contribution in [0.1, 0.15) is 31.4 Å². The normalized spacial score (nSPS) is 11.2. The molecule has 20 heavy (non-hydrogen) atoms. The van der Waals surface area contributed by atoms with Gasteiger partial charge in [0.05, 0.1) is 13.0 Å². The van der Waals surface area contributed by atoms with E-state index in [2.05, 4.69) is 11.4 Å². The molecule has 0 saturated carbocycles. The molecular weight excluding hydrogens is 254 g/mol. The van der Waals surface area contributed by atoms with Gasteiger partial charge in [0.1, 0.15) is 5.75 Å². The van der Waals surface area contributed by atoms with Crippen LogP contribution in [0.5, 0.6) is 5.75 Å². The van der Waals surface area contributed by atoms with Crippen molar-refractivity contribution in [2.75, 3.05) is 19.8 Å². The average molecular weight is 279 g/mol. The highest BCUT2D eigenvalue weighted by Gasteiger charge is 2.17. The van der Waals surface area contributed by atoms with Crippen molar-refractivity contribution in [1.29, 1.82) is 0 Å². The minimum Gasteiger partial charge on any atom is -0.493 e. The molecule has 0 aliphatic rings. The number of amides is 1. The molecule has 2 N–H and O–H groups in total. The van der Waals surface area contributed by atoms with Crippen molar-refractivity contribution < 1.29 is 14.6 Å². The van der Waals surface area contributed by atoms with E-state index in [9.17, 15) is 4.79 Å². The zero-order valence-corrected chi connectivity index (χ0v) is 12.8. The molecule has 0 aliphatic heterocycles. The van der Waals surface area contributed by atoms with Crippen molar-refractivity contribution in [3.05, 3.63) is 29.3 Å². The molecule has 0 fully saturated rings. The van der Waals surface area contributed by atoms with Crippen LogP contribution in [0.2, 0.25) is 0 Å². The molecule has 1 aromatic rings. The van der Waals surface area contributed by atoms with Gasteiger partial charge in [-0.1, -0.05) is 31.5 Å². The van der Waals surface area contributed by atoms with Crippen LogP contribution in [0, 0.1) is 19.3 Å². The van der Waals surface area contributed by atoms with E-state index < -0.39 is 0 Å². The van der Waals surface area contributed by atoms with Gasteiger partial charge in [0.15, 0.2) is 0 Å². The minimum atomic E-state index is -0.288. The summed E-state index contributed by atoms with van der Waals surface area (Å²) in [6.45, 7) is 8.70. The smallest absolute Gasteiger partial charge is 0.223 e. The third-order valence-corrected chi connectivity index (χ3v) is 3.11. The maximum absolute atomic E-state index is 11.7. The summed E-state index contributed by atoms with van der Waals surface area (Å²) in [5, 5.41) is 11.9. The molecule has 1 amide bonds. The van der Waals surface area contributed by atoms with Gasteiger partial charge in [-0.2, -0.15) is 0 Å². The number of carbonyl (C=O) groups is 1. The van der Waals surface area contributed by atoms with Crippen LogP contribution in [0.25, 0.3) is 0 Å². The summed E-state index contributed by atoms with van der Waals surface area (Å²) >= 11 is 0. The van der Waals surface area contributed by atoms with E-state index in [0.717, 1.165) is 11.3 Å². The van der Waals surface area contributed by atoms with Gasteiger partial charge in [0.2, 0.25) is 5.91 Å². The Hall–Kier alpha value is -1.55. The number of ether oxygens (including phenoxy) is 1. The highest BCUT2D eigenvalue weighted by Crippen LogP contribution is 2.18. The summed E-state index contributed by atoms with van der Waals surface area (Å²) in [7, 11) is 0. The quantitative estimate of drug-likeness (QED) is 0.804. The standard InChI is InChI=1S/C16H25NO3/c1-12-5-6-14(13(2)9-12)20-8-7-15(19)17-10-16(3,4)11-18/h5-6,9,18H,7-8,10-11H2,1-4H3,(H,17,19). The third-order valence-electron chi connectivity index (χ3n) is 3.11. The van der Waals surface area contributed by atoms with Crippen molar-refractivity contribution in [2.24, 2.45) is 5.41 Å². The lowest BCUT2D eigenvalue weighted by Crippen LogP contribution is -2.36. The molecule has 0 bridgehead atoms. The second-order valence-corrected chi connectivity index (χ2v) is 5.97. The van der Waals surface area contributed by atoms with E-state index in [1.54, 1.807) is 0 Å². The molecule has 0 aliphatic carbocycles. The van der Waals surface area contributed by atoms with Gasteiger partial charge >= 0.3 is 0 Å². The predicted molar refractivity (Wildman–Crippen MR) is 79.9 cm³/mol. The van der Waals surface area contributed by atoms with Crippen LogP contribution >= 0.6 is 0 Å². The number of aliphatic hydroxyl groups is 1. The summed E-state index contributed by atoms with van der Waals surface area (Å²) in [4.78, 5) is 11.7. The number of nitrogens with one attached hydrogen (secondary N) is 1. The maximum atomic E-state index is 11.7. The molecule has 0 heterocycles. The molecule has 0 unspecified atom stereocenters. The van der Waals surface area contributed by atoms with E-state index in [0.29, 0.717) is 19.6 Å². The predicted octanol–water partition coefficient (Wildman–Crippen LogP) is 2.21. The first-order chi connectivity index (χ1) is 9.34. The number of hydrogen-bond acceptors (Lipinski definition) is 3. The molecule has 0 aromatic heterocycles. The van der Waals surface area contributed by atoms with E-state index >= 15 is 0 Å². The molecule has 4 nitrogen and oxygen atoms in total. The van der Waals surface area contributed by atoms with E-state index in [4.69, 9.17) is 9.84 Å². The van der Waals surface area contributed by atoms with E-state index in [1.807, 2.05) is 39.8 Å². The Labute approximate surface area is 121 Å². The second-order valence-electron chi connectivity index (χ2n) is 5.97. The number of rotatable bonds is 7. The summed E-state index contributed by atoms with van der Waals surface area (Å²) in [5.41, 5.74) is 1.98. The van der Waals surface area contributed by atoms with Crippen LogP contribution in [0.15, 0.2) is 18.2 Å². The fourth-order valence-electron chi connectivity index (χ4n) is 1.70. The van der Waals surface area contributed by atoms with Crippen molar-refractivity contribution in [2.45, 2.75) is 34.1 Å². The summed E-state index contributed by atoms with van der Waals surface area (Å²) in [5.74, 6) is 0.760. The number of aliphatic hydroxyl groups excluding tert-OH is 1. The second kappa shape index (κ2) is 7.29. The number of benzene rings is 1. The lowest BCUT2D eigenvalue weighted by Gasteiger charge is -2.21. The van der Waals surface area contributed by atoms with Crippen molar-refractivity contribution in [3.63, 3.8) is 0 Å². The first kappa shape index (κ1) is 16.5. The minimum absolute atomic E-state index is 0.0480. The highest BCUT2D eigenvalue weighted by atomic mass is 16.5. The topological polar surface area (TPSA) is 58.6 Å². The third kappa shape index (κ3) is 5.61. The lowest BCUT2D eigenvalue weighted by molar-refractivity contribution is -0.122. The molecule has 1 rings (SSSR count). The summed E-state index contributed by atoms with van der Waals surface area (Å²) < 4.78 is 5.61. The van der Waals surface area contributed by atoms with E-state index in [1.165, 1.54) is 5.56 Å². The van der Waals surface area contributed by atoms with Gasteiger partial charge in [0.25, 0.3) is 0 Å². The average Bonchev–Trinajstić information content (AvgIpc) is 2.39. The zero-order chi connectivity index (χ0) is 15.2. The summed E-state index contributed by atoms with van der Waals surface area (Å²) in [6.07, 6.45) is 0.314. The van der Waals surface area contributed by atoms with Crippen molar-refractivity contribution >= 4 is 5.91 Å². The fourth-order valence-corrected chi connectivity index (χ4v) is 1.70. The first-order valence-electron chi connectivity index (χ1n) is 6.92. The lowest BCUT2D eigenvalue weighted by atomic mass is 9.95. The largest absolute Gasteiger partial charge is 0.493 e. The van der Waals surface area contributed by atoms with Crippen LogP contribution < -0.4 is 10.1 Å². The molecule has 1 aromatic carbocycles. The van der Waals surface area contributed by atoms with Gasteiger partial charge in [0, 0.05) is 18.6 Å². The van der Waals surface area contributed by atoms with Gasteiger partial charge in [-0.25, -0.2) is 0 Å². The molecule has 0 radical (unpaired) electrons. The van der Waals surface area contributed by atoms with Crippen LogP contribution in [-0.2, 0) is 4.79 Å². The molecule has 0 atom stereocenters. The van der Waals surface area contributed by atoms with Crippen LogP contribution in [0.3, 0.4) is 0 Å². The number of carbonyl (C=O) groups excluding carboxylic acids is 1. The molecule has 0 spiro atoms. The van der Waals surface area contributed by atoms with Crippen LogP contribution in [-0.4, -0.2) is 30.8 Å². The Morgan fingerprint density at radius 3 is 2.65 bits per heavy atom. The molecule has 4 heteroatoms. The van der Waals surface area contributed by atoms with Crippen molar-refractivity contribution in [3.8, 4) is 5.75 Å². The number of hydrogen-bond donors (Lipinski definition) is 2. The Kier molecular flexibility index (Phi) is 6.02. The van der Waals surface area contributed by atoms with Crippen molar-refractivity contribution in [1.82, 2.24) is 5.32 Å². The molecule has 112 valence electrons. The van der Waals surface area contributed by atoms with Crippen LogP contribution in [0.4, 0.5) is 0 Å².